The summed E-state index contributed by atoms with van der Waals surface area (Å²) in [5.41, 5.74) is 0.432. The van der Waals surface area contributed by atoms with E-state index in [1.54, 1.807) is 0 Å². The number of hydrogen-bond donors (Lipinski definition) is 0. The largest absolute Gasteiger partial charge is 0.467 e. The van der Waals surface area contributed by atoms with Crippen LogP contribution in [0.4, 0.5) is 0 Å². The fraction of sp³-hybridized carbons (Fsp3) is 0.417. The second-order valence-corrected chi connectivity index (χ2v) is 3.87. The summed E-state index contributed by atoms with van der Waals surface area (Å²) < 4.78 is 14.9. The first-order valence-electron chi connectivity index (χ1n) is 5.34. The third kappa shape index (κ3) is 2.00. The first kappa shape index (κ1) is 12.7. The molecule has 96 valence electrons. The maximum absolute atomic E-state index is 11.7. The highest BCUT2D eigenvalue weighted by Gasteiger charge is 2.40. The van der Waals surface area contributed by atoms with E-state index in [1.807, 2.05) is 0 Å². The Kier molecular flexibility index (Phi) is 3.40. The molecule has 2 atom stereocenters. The lowest BCUT2D eigenvalue weighted by Crippen LogP contribution is -2.41. The van der Waals surface area contributed by atoms with Crippen LogP contribution in [-0.2, 0) is 28.6 Å². The average Bonchev–Trinajstić information content (AvgIpc) is 2.40. The van der Waals surface area contributed by atoms with E-state index in [0.717, 1.165) is 0 Å². The van der Waals surface area contributed by atoms with Crippen LogP contribution in [0.15, 0.2) is 23.3 Å². The van der Waals surface area contributed by atoms with E-state index in [4.69, 9.17) is 9.47 Å². The summed E-state index contributed by atoms with van der Waals surface area (Å²) in [6.45, 7) is 0. The van der Waals surface area contributed by atoms with Crippen LogP contribution in [0.1, 0.15) is 6.42 Å². The van der Waals surface area contributed by atoms with Gasteiger partial charge in [-0.05, 0) is 12.2 Å². The molecule has 0 amide bonds. The van der Waals surface area contributed by atoms with Crippen molar-refractivity contribution in [3.8, 4) is 0 Å². The molecule has 6 nitrogen and oxygen atoms in total. The smallest absolute Gasteiger partial charge is 0.335 e. The summed E-state index contributed by atoms with van der Waals surface area (Å²) in [6, 6.07) is 0. The Labute approximate surface area is 103 Å². The van der Waals surface area contributed by atoms with Crippen molar-refractivity contribution in [2.24, 2.45) is 0 Å². The monoisotopic (exact) mass is 252 g/mol. The van der Waals surface area contributed by atoms with Gasteiger partial charge in [-0.15, -0.1) is 0 Å². The zero-order chi connectivity index (χ0) is 13.3. The standard InChI is InChI=1S/C12H12O6/c1-16-11(15)9-5-6-7(13)3-4-8(14)10(6)12(17-2)18-9/h3-4,9,12H,5H2,1-2H3. The number of carbonyl (C=O) groups excluding carboxylic acids is 3. The van der Waals surface area contributed by atoms with Gasteiger partial charge < -0.3 is 14.2 Å². The van der Waals surface area contributed by atoms with E-state index in [-0.39, 0.29) is 29.1 Å². The minimum Gasteiger partial charge on any atom is -0.467 e. The van der Waals surface area contributed by atoms with Crippen LogP contribution in [0.2, 0.25) is 0 Å². The Morgan fingerprint density at radius 2 is 1.94 bits per heavy atom. The number of rotatable bonds is 2. The van der Waals surface area contributed by atoms with Crippen molar-refractivity contribution in [2.75, 3.05) is 14.2 Å². The van der Waals surface area contributed by atoms with Crippen molar-refractivity contribution in [3.63, 3.8) is 0 Å². The molecule has 0 aromatic rings. The molecule has 0 bridgehead atoms. The summed E-state index contributed by atoms with van der Waals surface area (Å²) in [7, 11) is 2.57. The molecule has 1 heterocycles. The molecular formula is C12H12O6. The minimum absolute atomic E-state index is 0.0246. The summed E-state index contributed by atoms with van der Waals surface area (Å²) in [6.07, 6.45) is 0.445. The number of ether oxygens (including phenoxy) is 3. The predicted molar refractivity (Wildman–Crippen MR) is 58.5 cm³/mol. The number of carbonyl (C=O) groups is 3. The van der Waals surface area contributed by atoms with Crippen LogP contribution in [0.5, 0.6) is 0 Å². The highest BCUT2D eigenvalue weighted by atomic mass is 16.7. The number of hydrogen-bond acceptors (Lipinski definition) is 6. The van der Waals surface area contributed by atoms with Crippen LogP contribution in [0.25, 0.3) is 0 Å². The third-order valence-electron chi connectivity index (χ3n) is 2.87. The Morgan fingerprint density at radius 3 is 2.56 bits per heavy atom. The van der Waals surface area contributed by atoms with Crippen molar-refractivity contribution >= 4 is 17.5 Å². The highest BCUT2D eigenvalue weighted by Crippen LogP contribution is 2.30. The average molecular weight is 252 g/mol. The second-order valence-electron chi connectivity index (χ2n) is 3.87. The summed E-state index contributed by atoms with van der Waals surface area (Å²) in [4.78, 5) is 34.9. The van der Waals surface area contributed by atoms with E-state index >= 15 is 0 Å². The fourth-order valence-electron chi connectivity index (χ4n) is 1.99. The molecular weight excluding hydrogens is 240 g/mol. The van der Waals surface area contributed by atoms with E-state index in [0.29, 0.717) is 0 Å². The van der Waals surface area contributed by atoms with Gasteiger partial charge in [-0.1, -0.05) is 0 Å². The van der Waals surface area contributed by atoms with Crippen LogP contribution in [-0.4, -0.2) is 44.1 Å². The first-order chi connectivity index (χ1) is 8.58. The maximum Gasteiger partial charge on any atom is 0.335 e. The quantitative estimate of drug-likeness (QED) is 0.505. The summed E-state index contributed by atoms with van der Waals surface area (Å²) in [5.74, 6) is -1.23. The lowest BCUT2D eigenvalue weighted by Gasteiger charge is -2.31. The molecule has 2 rings (SSSR count). The van der Waals surface area contributed by atoms with Crippen LogP contribution in [0.3, 0.4) is 0 Å². The fourth-order valence-corrected chi connectivity index (χ4v) is 1.99. The molecule has 2 aliphatic rings. The Balaban J connectivity index is 2.38. The molecule has 1 aliphatic heterocycles. The normalized spacial score (nSPS) is 27.2. The number of allylic oxidation sites excluding steroid dienone is 2. The molecule has 0 fully saturated rings. The van der Waals surface area contributed by atoms with Gasteiger partial charge >= 0.3 is 5.97 Å². The lowest BCUT2D eigenvalue weighted by atomic mass is 9.88. The number of esters is 1. The van der Waals surface area contributed by atoms with Gasteiger partial charge in [-0.3, -0.25) is 9.59 Å². The topological polar surface area (TPSA) is 78.9 Å². The second kappa shape index (κ2) is 4.83. The Morgan fingerprint density at radius 1 is 1.28 bits per heavy atom. The predicted octanol–water partition coefficient (Wildman–Crippen LogP) is -0.0746. The van der Waals surface area contributed by atoms with Gasteiger partial charge in [0.2, 0.25) is 0 Å². The molecule has 0 N–H and O–H groups in total. The lowest BCUT2D eigenvalue weighted by molar-refractivity contribution is -0.180. The van der Waals surface area contributed by atoms with Crippen molar-refractivity contribution in [3.05, 3.63) is 23.3 Å². The van der Waals surface area contributed by atoms with Gasteiger partial charge in [0, 0.05) is 19.1 Å². The van der Waals surface area contributed by atoms with E-state index in [1.165, 1.54) is 26.4 Å². The van der Waals surface area contributed by atoms with Crippen LogP contribution < -0.4 is 0 Å². The molecule has 6 heteroatoms. The molecule has 0 aromatic heterocycles. The first-order valence-corrected chi connectivity index (χ1v) is 5.34. The molecule has 0 spiro atoms. The molecule has 0 aromatic carbocycles. The maximum atomic E-state index is 11.7. The molecule has 1 aliphatic carbocycles. The zero-order valence-electron chi connectivity index (χ0n) is 9.97. The van der Waals surface area contributed by atoms with Gasteiger partial charge in [0.1, 0.15) is 0 Å². The van der Waals surface area contributed by atoms with Gasteiger partial charge in [-0.2, -0.15) is 0 Å². The SMILES string of the molecule is COC(=O)C1CC2=C(C(=O)C=CC2=O)C(OC)O1. The highest BCUT2D eigenvalue weighted by molar-refractivity contribution is 6.20. The molecule has 0 radical (unpaired) electrons. The van der Waals surface area contributed by atoms with Crippen molar-refractivity contribution < 1.29 is 28.6 Å². The van der Waals surface area contributed by atoms with Gasteiger partial charge in [0.05, 0.1) is 12.7 Å². The van der Waals surface area contributed by atoms with Crippen molar-refractivity contribution in [1.82, 2.24) is 0 Å². The van der Waals surface area contributed by atoms with Crippen molar-refractivity contribution in [1.29, 1.82) is 0 Å². The number of methoxy groups -OCH3 is 2. The minimum atomic E-state index is -1.01. The Bertz CT molecular complexity index is 473. The molecule has 2 unspecified atom stereocenters. The van der Waals surface area contributed by atoms with Crippen LogP contribution >= 0.6 is 0 Å². The van der Waals surface area contributed by atoms with Crippen LogP contribution in [0, 0.1) is 0 Å². The number of ketones is 2. The van der Waals surface area contributed by atoms with Gasteiger partial charge in [-0.25, -0.2) is 4.79 Å². The van der Waals surface area contributed by atoms with Gasteiger partial charge in [0.15, 0.2) is 24.0 Å². The van der Waals surface area contributed by atoms with Crippen molar-refractivity contribution in [2.45, 2.75) is 18.8 Å². The summed E-state index contributed by atoms with van der Waals surface area (Å²) >= 11 is 0. The molecule has 18 heavy (non-hydrogen) atoms. The van der Waals surface area contributed by atoms with Gasteiger partial charge in [0.25, 0.3) is 0 Å². The summed E-state index contributed by atoms with van der Waals surface area (Å²) in [5, 5.41) is 0. The molecule has 0 saturated heterocycles. The van der Waals surface area contributed by atoms with E-state index in [2.05, 4.69) is 4.74 Å². The van der Waals surface area contributed by atoms with E-state index in [9.17, 15) is 14.4 Å². The zero-order valence-corrected chi connectivity index (χ0v) is 9.97. The van der Waals surface area contributed by atoms with E-state index < -0.39 is 18.4 Å². The Hall–Kier alpha value is -1.79. The molecule has 0 saturated carbocycles. The third-order valence-corrected chi connectivity index (χ3v) is 2.87.